The monoisotopic (exact) mass is 402 g/mol. The molecule has 1 aliphatic heterocycles. The Kier molecular flexibility index (Phi) is 6.36. The van der Waals surface area contributed by atoms with Crippen LogP contribution in [0, 0.1) is 13.8 Å². The van der Waals surface area contributed by atoms with E-state index in [1.54, 1.807) is 24.3 Å². The number of aryl methyl sites for hydroxylation is 2. The number of nitrogens with zero attached hydrogens (tertiary/aromatic N) is 1. The van der Waals surface area contributed by atoms with Crippen LogP contribution >= 0.6 is 0 Å². The van der Waals surface area contributed by atoms with Crippen LogP contribution in [0.2, 0.25) is 0 Å². The lowest BCUT2D eigenvalue weighted by Gasteiger charge is -2.15. The number of amides is 1. The van der Waals surface area contributed by atoms with Crippen LogP contribution in [0.5, 0.6) is 5.75 Å². The van der Waals surface area contributed by atoms with Crippen LogP contribution in [0.3, 0.4) is 0 Å². The summed E-state index contributed by atoms with van der Waals surface area (Å²) in [4.78, 5) is 12.4. The molecule has 6 nitrogen and oxygen atoms in total. The Morgan fingerprint density at radius 2 is 1.64 bits per heavy atom. The summed E-state index contributed by atoms with van der Waals surface area (Å²) in [6.45, 7) is 5.31. The highest BCUT2D eigenvalue weighted by molar-refractivity contribution is 7.89. The van der Waals surface area contributed by atoms with Gasteiger partial charge in [0.15, 0.2) is 6.61 Å². The van der Waals surface area contributed by atoms with E-state index in [4.69, 9.17) is 4.74 Å². The lowest BCUT2D eigenvalue weighted by molar-refractivity contribution is -0.123. The van der Waals surface area contributed by atoms with Crippen molar-refractivity contribution in [3.05, 3.63) is 59.2 Å². The SMILES string of the molecule is Cc1cccc(C)c1OCC(=O)NCc1ccc(S(=O)(=O)N2CCCC2)cc1. The molecular formula is C21H26N2O4S. The third-order valence-corrected chi connectivity index (χ3v) is 6.79. The number of hydrogen-bond acceptors (Lipinski definition) is 4. The molecule has 7 heteroatoms. The van der Waals surface area contributed by atoms with Crippen LogP contribution in [0.25, 0.3) is 0 Å². The maximum Gasteiger partial charge on any atom is 0.258 e. The van der Waals surface area contributed by atoms with Crippen molar-refractivity contribution in [2.45, 2.75) is 38.1 Å². The van der Waals surface area contributed by atoms with E-state index in [1.165, 1.54) is 4.31 Å². The van der Waals surface area contributed by atoms with Gasteiger partial charge in [-0.05, 0) is 55.5 Å². The largest absolute Gasteiger partial charge is 0.483 e. The highest BCUT2D eigenvalue weighted by Gasteiger charge is 2.26. The highest BCUT2D eigenvalue weighted by atomic mass is 32.2. The van der Waals surface area contributed by atoms with Crippen LogP contribution in [-0.4, -0.2) is 38.3 Å². The molecule has 0 unspecified atom stereocenters. The zero-order chi connectivity index (χ0) is 20.1. The molecule has 0 saturated carbocycles. The number of carbonyl (C=O) groups excluding carboxylic acids is 1. The summed E-state index contributed by atoms with van der Waals surface area (Å²) >= 11 is 0. The fourth-order valence-corrected chi connectivity index (χ4v) is 4.79. The molecule has 0 bridgehead atoms. The van der Waals surface area contributed by atoms with E-state index in [2.05, 4.69) is 5.32 Å². The standard InChI is InChI=1S/C21H26N2O4S/c1-16-6-5-7-17(2)21(16)27-15-20(24)22-14-18-8-10-19(11-9-18)28(25,26)23-12-3-4-13-23/h5-11H,3-4,12-15H2,1-2H3,(H,22,24). The Labute approximate surface area is 166 Å². The molecule has 2 aromatic carbocycles. The Balaban J connectivity index is 1.52. The van der Waals surface area contributed by atoms with Gasteiger partial charge < -0.3 is 10.1 Å². The van der Waals surface area contributed by atoms with Crippen molar-refractivity contribution < 1.29 is 17.9 Å². The van der Waals surface area contributed by atoms with E-state index in [0.717, 1.165) is 35.3 Å². The molecule has 0 aromatic heterocycles. The van der Waals surface area contributed by atoms with Crippen LogP contribution in [0.1, 0.15) is 29.5 Å². The van der Waals surface area contributed by atoms with Crippen molar-refractivity contribution in [3.63, 3.8) is 0 Å². The predicted octanol–water partition coefficient (Wildman–Crippen LogP) is 2.78. The molecule has 28 heavy (non-hydrogen) atoms. The van der Waals surface area contributed by atoms with Gasteiger partial charge >= 0.3 is 0 Å². The number of hydrogen-bond donors (Lipinski definition) is 1. The van der Waals surface area contributed by atoms with Crippen molar-refractivity contribution in [2.24, 2.45) is 0 Å². The fourth-order valence-electron chi connectivity index (χ4n) is 3.27. The summed E-state index contributed by atoms with van der Waals surface area (Å²) in [5.74, 6) is 0.505. The lowest BCUT2D eigenvalue weighted by atomic mass is 10.1. The summed E-state index contributed by atoms with van der Waals surface area (Å²) in [6, 6.07) is 12.5. The Bertz CT molecular complexity index is 913. The minimum atomic E-state index is -3.41. The van der Waals surface area contributed by atoms with Gasteiger partial charge in [0.25, 0.3) is 5.91 Å². The van der Waals surface area contributed by atoms with Gasteiger partial charge in [0.05, 0.1) is 4.90 Å². The smallest absolute Gasteiger partial charge is 0.258 e. The quantitative estimate of drug-likeness (QED) is 0.773. The summed E-state index contributed by atoms with van der Waals surface area (Å²) in [5, 5.41) is 2.80. The third kappa shape index (κ3) is 4.72. The molecular weight excluding hydrogens is 376 g/mol. The highest BCUT2D eigenvalue weighted by Crippen LogP contribution is 2.22. The van der Waals surface area contributed by atoms with Crippen molar-refractivity contribution >= 4 is 15.9 Å². The molecule has 1 amide bonds. The molecule has 1 saturated heterocycles. The first-order valence-corrected chi connectivity index (χ1v) is 10.9. The van der Waals surface area contributed by atoms with E-state index < -0.39 is 10.0 Å². The number of ether oxygens (including phenoxy) is 1. The van der Waals surface area contributed by atoms with Crippen LogP contribution in [0.4, 0.5) is 0 Å². The molecule has 150 valence electrons. The zero-order valence-corrected chi connectivity index (χ0v) is 17.1. The van der Waals surface area contributed by atoms with Gasteiger partial charge in [-0.3, -0.25) is 4.79 Å². The van der Waals surface area contributed by atoms with E-state index in [9.17, 15) is 13.2 Å². The molecule has 1 fully saturated rings. The normalized spacial score (nSPS) is 14.8. The second-order valence-electron chi connectivity index (χ2n) is 7.04. The number of nitrogens with one attached hydrogen (secondary N) is 1. The second kappa shape index (κ2) is 8.75. The minimum Gasteiger partial charge on any atom is -0.483 e. The number of para-hydroxylation sites is 1. The molecule has 1 heterocycles. The topological polar surface area (TPSA) is 75.7 Å². The molecule has 0 aliphatic carbocycles. The Morgan fingerprint density at radius 1 is 1.04 bits per heavy atom. The third-order valence-electron chi connectivity index (χ3n) is 4.87. The fraction of sp³-hybridized carbons (Fsp3) is 0.381. The Morgan fingerprint density at radius 3 is 2.25 bits per heavy atom. The van der Waals surface area contributed by atoms with Crippen molar-refractivity contribution in [3.8, 4) is 5.75 Å². The van der Waals surface area contributed by atoms with Gasteiger partial charge in [-0.1, -0.05) is 30.3 Å². The van der Waals surface area contributed by atoms with Gasteiger partial charge in [0.2, 0.25) is 10.0 Å². The van der Waals surface area contributed by atoms with Gasteiger partial charge in [0.1, 0.15) is 5.75 Å². The number of rotatable bonds is 7. The maximum absolute atomic E-state index is 12.5. The van der Waals surface area contributed by atoms with Crippen molar-refractivity contribution in [2.75, 3.05) is 19.7 Å². The van der Waals surface area contributed by atoms with Gasteiger partial charge in [-0.15, -0.1) is 0 Å². The molecule has 0 atom stereocenters. The van der Waals surface area contributed by atoms with E-state index in [0.29, 0.717) is 24.5 Å². The molecule has 1 aliphatic rings. The zero-order valence-electron chi connectivity index (χ0n) is 16.3. The molecule has 0 radical (unpaired) electrons. The van der Waals surface area contributed by atoms with Crippen LogP contribution < -0.4 is 10.1 Å². The first kappa shape index (κ1) is 20.4. The van der Waals surface area contributed by atoms with Crippen molar-refractivity contribution in [1.82, 2.24) is 9.62 Å². The maximum atomic E-state index is 12.5. The molecule has 1 N–H and O–H groups in total. The minimum absolute atomic E-state index is 0.0624. The summed E-state index contributed by atoms with van der Waals surface area (Å²) in [5.41, 5.74) is 2.81. The number of benzene rings is 2. The first-order chi connectivity index (χ1) is 13.4. The van der Waals surface area contributed by atoms with E-state index >= 15 is 0 Å². The molecule has 3 rings (SSSR count). The van der Waals surface area contributed by atoms with Crippen LogP contribution in [0.15, 0.2) is 47.4 Å². The van der Waals surface area contributed by atoms with Gasteiger partial charge in [0, 0.05) is 19.6 Å². The van der Waals surface area contributed by atoms with Crippen LogP contribution in [-0.2, 0) is 21.4 Å². The Hall–Kier alpha value is -2.38. The molecule has 2 aromatic rings. The van der Waals surface area contributed by atoms with E-state index in [1.807, 2.05) is 32.0 Å². The average molecular weight is 403 g/mol. The average Bonchev–Trinajstić information content (AvgIpc) is 3.22. The van der Waals surface area contributed by atoms with Gasteiger partial charge in [-0.2, -0.15) is 4.31 Å². The predicted molar refractivity (Wildman–Crippen MR) is 108 cm³/mol. The van der Waals surface area contributed by atoms with Crippen molar-refractivity contribution in [1.29, 1.82) is 0 Å². The number of carbonyl (C=O) groups is 1. The summed E-state index contributed by atoms with van der Waals surface area (Å²) in [7, 11) is -3.41. The van der Waals surface area contributed by atoms with Gasteiger partial charge in [-0.25, -0.2) is 8.42 Å². The number of sulfonamides is 1. The second-order valence-corrected chi connectivity index (χ2v) is 8.98. The van der Waals surface area contributed by atoms with E-state index in [-0.39, 0.29) is 12.5 Å². The first-order valence-electron chi connectivity index (χ1n) is 9.43. The summed E-state index contributed by atoms with van der Waals surface area (Å²) in [6.07, 6.45) is 1.82. The molecule has 0 spiro atoms. The summed E-state index contributed by atoms with van der Waals surface area (Å²) < 4.78 is 32.2. The lowest BCUT2D eigenvalue weighted by Crippen LogP contribution is -2.29.